The summed E-state index contributed by atoms with van der Waals surface area (Å²) < 4.78 is 0. The number of halogens is 1. The quantitative estimate of drug-likeness (QED) is 0.453. The summed E-state index contributed by atoms with van der Waals surface area (Å²) in [5.41, 5.74) is 4.46. The Morgan fingerprint density at radius 2 is 2.05 bits per heavy atom. The van der Waals surface area contributed by atoms with Crippen LogP contribution in [-0.4, -0.2) is 16.5 Å². The van der Waals surface area contributed by atoms with Crippen LogP contribution >= 0.6 is 15.9 Å². The molecule has 0 spiro atoms. The molecule has 0 bridgehead atoms. The first-order chi connectivity index (χ1) is 10.3. The number of aliphatic hydroxyl groups is 1. The minimum absolute atomic E-state index is 0.0983. The van der Waals surface area contributed by atoms with E-state index in [0.29, 0.717) is 16.2 Å². The van der Waals surface area contributed by atoms with Crippen LogP contribution in [-0.2, 0) is 0 Å². The first-order valence-corrected chi connectivity index (χ1v) is 9.18. The summed E-state index contributed by atoms with van der Waals surface area (Å²) in [5, 5.41) is 8.88. The zero-order chi connectivity index (χ0) is 16.8. The molecule has 0 aromatic rings. The Morgan fingerprint density at radius 3 is 2.64 bits per heavy atom. The van der Waals surface area contributed by atoms with Crippen molar-refractivity contribution in [3.63, 3.8) is 0 Å². The van der Waals surface area contributed by atoms with Gasteiger partial charge in [0.1, 0.15) is 0 Å². The van der Waals surface area contributed by atoms with E-state index >= 15 is 0 Å². The van der Waals surface area contributed by atoms with Gasteiger partial charge in [0.2, 0.25) is 0 Å². The molecular formula is C20H31BrO. The topological polar surface area (TPSA) is 20.2 Å². The van der Waals surface area contributed by atoms with E-state index in [1.165, 1.54) is 24.8 Å². The van der Waals surface area contributed by atoms with Gasteiger partial charge in [-0.15, -0.1) is 0 Å². The third-order valence-corrected chi connectivity index (χ3v) is 5.71. The van der Waals surface area contributed by atoms with Gasteiger partial charge in [-0.05, 0) is 50.0 Å². The van der Waals surface area contributed by atoms with E-state index in [4.69, 9.17) is 5.11 Å². The fraction of sp³-hybridized carbons (Fsp3) is 0.600. The van der Waals surface area contributed by atoms with Crippen LogP contribution in [0, 0.1) is 11.3 Å². The first-order valence-electron chi connectivity index (χ1n) is 8.26. The Hall–Kier alpha value is -0.600. The van der Waals surface area contributed by atoms with E-state index < -0.39 is 0 Å². The van der Waals surface area contributed by atoms with Gasteiger partial charge in [-0.1, -0.05) is 78.2 Å². The van der Waals surface area contributed by atoms with Crippen molar-refractivity contribution in [1.29, 1.82) is 0 Å². The first kappa shape index (κ1) is 19.4. The Bertz CT molecular complexity index is 480. The largest absolute Gasteiger partial charge is 0.392 e. The van der Waals surface area contributed by atoms with Crippen LogP contribution in [0.1, 0.15) is 53.9 Å². The van der Waals surface area contributed by atoms with Crippen molar-refractivity contribution in [1.82, 2.24) is 0 Å². The molecule has 0 fully saturated rings. The second-order valence-electron chi connectivity index (χ2n) is 7.08. The highest BCUT2D eigenvalue weighted by atomic mass is 79.9. The molecule has 2 heteroatoms. The maximum absolute atomic E-state index is 8.88. The van der Waals surface area contributed by atoms with Gasteiger partial charge in [0.05, 0.1) is 6.61 Å². The molecule has 0 saturated carbocycles. The fourth-order valence-electron chi connectivity index (χ4n) is 3.00. The summed E-state index contributed by atoms with van der Waals surface area (Å²) in [6, 6.07) is 0. The Morgan fingerprint density at radius 1 is 1.36 bits per heavy atom. The number of aliphatic hydroxyl groups excluding tert-OH is 1. The van der Waals surface area contributed by atoms with E-state index in [9.17, 15) is 0 Å². The van der Waals surface area contributed by atoms with E-state index in [1.54, 1.807) is 5.57 Å². The summed E-state index contributed by atoms with van der Waals surface area (Å²) in [4.78, 5) is 0.304. The predicted molar refractivity (Wildman–Crippen MR) is 101 cm³/mol. The summed E-state index contributed by atoms with van der Waals surface area (Å²) in [6.07, 6.45) is 14.5. The lowest BCUT2D eigenvalue weighted by atomic mass is 9.72. The molecule has 0 aromatic carbocycles. The highest BCUT2D eigenvalue weighted by molar-refractivity contribution is 9.09. The Kier molecular flexibility index (Phi) is 7.85. The highest BCUT2D eigenvalue weighted by Crippen LogP contribution is 2.41. The van der Waals surface area contributed by atoms with Crippen LogP contribution in [0.5, 0.6) is 0 Å². The summed E-state index contributed by atoms with van der Waals surface area (Å²) in [5.74, 6) is 0.427. The number of hydrogen-bond acceptors (Lipinski definition) is 1. The van der Waals surface area contributed by atoms with E-state index in [-0.39, 0.29) is 6.61 Å². The van der Waals surface area contributed by atoms with Crippen LogP contribution in [0.25, 0.3) is 0 Å². The second kappa shape index (κ2) is 8.88. The van der Waals surface area contributed by atoms with Gasteiger partial charge in [-0.2, -0.15) is 0 Å². The maximum Gasteiger partial charge on any atom is 0.0617 e. The van der Waals surface area contributed by atoms with Crippen molar-refractivity contribution >= 4 is 15.9 Å². The third-order valence-electron chi connectivity index (χ3n) is 4.57. The van der Waals surface area contributed by atoms with Crippen molar-refractivity contribution in [2.45, 2.75) is 58.7 Å². The van der Waals surface area contributed by atoms with Gasteiger partial charge in [0.25, 0.3) is 0 Å². The van der Waals surface area contributed by atoms with Crippen LogP contribution in [0.15, 0.2) is 47.1 Å². The Labute approximate surface area is 145 Å². The van der Waals surface area contributed by atoms with Crippen LogP contribution in [0.4, 0.5) is 0 Å². The highest BCUT2D eigenvalue weighted by Gasteiger charge is 2.26. The number of alkyl halides is 1. The van der Waals surface area contributed by atoms with Crippen molar-refractivity contribution in [3.8, 4) is 0 Å². The number of rotatable bonds is 6. The molecule has 22 heavy (non-hydrogen) atoms. The summed E-state index contributed by atoms with van der Waals surface area (Å²) in [6.45, 7) is 11.3. The van der Waals surface area contributed by atoms with Gasteiger partial charge in [0, 0.05) is 4.83 Å². The third kappa shape index (κ3) is 5.89. The zero-order valence-corrected chi connectivity index (χ0v) is 16.3. The van der Waals surface area contributed by atoms with Crippen molar-refractivity contribution in [3.05, 3.63) is 47.1 Å². The molecule has 0 radical (unpaired) electrons. The molecule has 0 amide bonds. The van der Waals surface area contributed by atoms with E-state index in [1.807, 2.05) is 13.0 Å². The molecular weight excluding hydrogens is 336 g/mol. The normalized spacial score (nSPS) is 22.6. The number of hydrogen-bond donors (Lipinski definition) is 1. The lowest BCUT2D eigenvalue weighted by Crippen LogP contribution is -2.19. The second-order valence-corrected chi connectivity index (χ2v) is 8.14. The van der Waals surface area contributed by atoms with Gasteiger partial charge in [-0.25, -0.2) is 0 Å². The molecule has 0 aromatic heterocycles. The van der Waals surface area contributed by atoms with Crippen molar-refractivity contribution < 1.29 is 5.11 Å². The van der Waals surface area contributed by atoms with Crippen molar-refractivity contribution in [2.75, 3.05) is 6.61 Å². The van der Waals surface area contributed by atoms with Crippen LogP contribution in [0.3, 0.4) is 0 Å². The molecule has 2 atom stereocenters. The minimum Gasteiger partial charge on any atom is -0.392 e. The van der Waals surface area contributed by atoms with E-state index in [2.05, 4.69) is 67.9 Å². The van der Waals surface area contributed by atoms with Gasteiger partial charge in [0.15, 0.2) is 0 Å². The molecule has 124 valence electrons. The maximum atomic E-state index is 8.88. The molecule has 0 unspecified atom stereocenters. The predicted octanol–water partition coefficient (Wildman–Crippen LogP) is 5.96. The average Bonchev–Trinajstić information content (AvgIpc) is 2.43. The monoisotopic (exact) mass is 366 g/mol. The standard InChI is InChI=1S/C20H31BrO/c1-15(12-14-22)8-11-19(21)17(3)9-10-18-16(2)7-6-13-20(18,4)5/h8-12,17,19,22H,6-7,13-14H2,1-5H3/b10-9+,11-8+,15-12-/t17-,19+/m1/s1. The lowest BCUT2D eigenvalue weighted by molar-refractivity contribution is 0.342. The minimum atomic E-state index is 0.0983. The van der Waals surface area contributed by atoms with Gasteiger partial charge < -0.3 is 5.11 Å². The van der Waals surface area contributed by atoms with E-state index in [0.717, 1.165) is 5.57 Å². The molecule has 1 aliphatic carbocycles. The molecule has 1 rings (SSSR count). The zero-order valence-electron chi connectivity index (χ0n) is 14.7. The molecule has 1 N–H and O–H groups in total. The number of allylic oxidation sites excluding steroid dienone is 7. The smallest absolute Gasteiger partial charge is 0.0617 e. The van der Waals surface area contributed by atoms with Gasteiger partial charge >= 0.3 is 0 Å². The SMILES string of the molecule is CC1=C(/C=C/[C@@H](C)[C@@H](Br)/C=C/C(C)=C\CO)C(C)(C)CCC1. The van der Waals surface area contributed by atoms with Crippen LogP contribution in [0.2, 0.25) is 0 Å². The van der Waals surface area contributed by atoms with Crippen LogP contribution < -0.4 is 0 Å². The average molecular weight is 367 g/mol. The lowest BCUT2D eigenvalue weighted by Gasteiger charge is -2.33. The van der Waals surface area contributed by atoms with Gasteiger partial charge in [-0.3, -0.25) is 0 Å². The summed E-state index contributed by atoms with van der Waals surface area (Å²) in [7, 11) is 0. The van der Waals surface area contributed by atoms with Crippen molar-refractivity contribution in [2.24, 2.45) is 11.3 Å². The Balaban J connectivity index is 2.75. The molecule has 1 aliphatic rings. The summed E-state index contributed by atoms with van der Waals surface area (Å²) >= 11 is 3.75. The molecule has 0 aliphatic heterocycles. The molecule has 0 heterocycles. The molecule has 0 saturated heterocycles. The fourth-order valence-corrected chi connectivity index (χ4v) is 3.32. The molecule has 1 nitrogen and oxygen atoms in total.